The molecular weight excluding hydrogens is 365 g/mol. The zero-order valence-electron chi connectivity index (χ0n) is 12.2. The lowest BCUT2D eigenvalue weighted by atomic mass is 10.1. The number of rotatable bonds is 4. The first kappa shape index (κ1) is 18.2. The first-order valence-electron chi connectivity index (χ1n) is 6.60. The Hall–Kier alpha value is -2.12. The third-order valence-electron chi connectivity index (χ3n) is 3.29. The molecule has 0 bridgehead atoms. The minimum absolute atomic E-state index is 0.217. The van der Waals surface area contributed by atoms with Gasteiger partial charge in [0.05, 0.1) is 5.69 Å². The van der Waals surface area contributed by atoms with Crippen LogP contribution < -0.4 is 5.32 Å². The van der Waals surface area contributed by atoms with Gasteiger partial charge in [0.2, 0.25) is 0 Å². The number of nitrogens with one attached hydrogen (secondary N) is 1. The average Bonchev–Trinajstić information content (AvgIpc) is 3.28. The van der Waals surface area contributed by atoms with Gasteiger partial charge in [-0.15, -0.1) is 0 Å². The maximum atomic E-state index is 14.0. The van der Waals surface area contributed by atoms with Crippen molar-refractivity contribution >= 4 is 32.7 Å². The van der Waals surface area contributed by atoms with Gasteiger partial charge in [-0.3, -0.25) is 0 Å². The van der Waals surface area contributed by atoms with Gasteiger partial charge in [-0.1, -0.05) is 12.2 Å². The van der Waals surface area contributed by atoms with Gasteiger partial charge in [-0.2, -0.15) is 5.26 Å². The molecule has 0 unspecified atom stereocenters. The van der Waals surface area contributed by atoms with Gasteiger partial charge < -0.3 is 10.4 Å². The second kappa shape index (κ2) is 6.41. The summed E-state index contributed by atoms with van der Waals surface area (Å²) in [5.74, 6) is -5.55. The van der Waals surface area contributed by atoms with Gasteiger partial charge >= 0.3 is 0 Å². The molecule has 128 valence electrons. The number of aliphatic hydroxyl groups is 1. The van der Waals surface area contributed by atoms with Crippen LogP contribution in [0.1, 0.15) is 12.8 Å². The second-order valence-electron chi connectivity index (χ2n) is 5.24. The van der Waals surface area contributed by atoms with Crippen LogP contribution in [0, 0.1) is 34.7 Å². The fourth-order valence-corrected chi connectivity index (χ4v) is 3.07. The zero-order valence-corrected chi connectivity index (χ0v) is 13.9. The number of aliphatic hydroxyl groups excluding tert-OH is 1. The fourth-order valence-electron chi connectivity index (χ4n) is 1.98. The van der Waals surface area contributed by atoms with Crippen LogP contribution in [0.3, 0.4) is 0 Å². The van der Waals surface area contributed by atoms with E-state index in [1.165, 1.54) is 0 Å². The van der Waals surface area contributed by atoms with Crippen molar-refractivity contribution in [2.75, 3.05) is 11.6 Å². The number of thiocarbonyl (C=S) groups is 1. The van der Waals surface area contributed by atoms with Crippen LogP contribution >= 0.6 is 12.2 Å². The van der Waals surface area contributed by atoms with E-state index < -0.39 is 42.9 Å². The van der Waals surface area contributed by atoms with Gasteiger partial charge in [0.1, 0.15) is 33.1 Å². The normalized spacial score (nSPS) is 15.5. The number of hydrogen-bond donors (Lipinski definition) is 2. The van der Waals surface area contributed by atoms with Crippen molar-refractivity contribution in [3.05, 3.63) is 34.9 Å². The van der Waals surface area contributed by atoms with Crippen LogP contribution in [0.2, 0.25) is 0 Å². The van der Waals surface area contributed by atoms with Crippen molar-refractivity contribution in [1.29, 1.82) is 5.26 Å². The largest absolute Gasteiger partial charge is 0.511 e. The Morgan fingerprint density at radius 1 is 1.38 bits per heavy atom. The van der Waals surface area contributed by atoms with Crippen LogP contribution in [-0.2, 0) is 9.84 Å². The number of halogens is 3. The monoisotopic (exact) mass is 376 g/mol. The fraction of sp³-hybridized carbons (Fsp3) is 0.286. The Bertz CT molecular complexity index is 901. The van der Waals surface area contributed by atoms with E-state index in [2.05, 4.69) is 5.32 Å². The van der Waals surface area contributed by atoms with E-state index in [4.69, 9.17) is 17.5 Å². The van der Waals surface area contributed by atoms with Crippen LogP contribution in [0.4, 0.5) is 18.9 Å². The molecule has 0 spiro atoms. The van der Waals surface area contributed by atoms with E-state index in [1.807, 2.05) is 0 Å². The highest BCUT2D eigenvalue weighted by molar-refractivity contribution is 7.90. The number of benzene rings is 1. The molecular formula is C14H11F3N2O3S2. The predicted molar refractivity (Wildman–Crippen MR) is 83.6 cm³/mol. The standard InChI is InChI=1S/C14H11F3N2O3S2/c1-24(21,22)13-8(15)4-9(10(16)11(13)17)19-14(23)7(5-18)12(20)6-2-3-6/h4,6,20H,2-3H2,1H3,(H,19,23). The molecule has 2 rings (SSSR count). The molecule has 0 atom stereocenters. The van der Waals surface area contributed by atoms with Crippen LogP contribution in [0.15, 0.2) is 22.3 Å². The molecule has 1 saturated carbocycles. The summed E-state index contributed by atoms with van der Waals surface area (Å²) >= 11 is 4.85. The first-order chi connectivity index (χ1) is 11.1. The van der Waals surface area contributed by atoms with Crippen molar-refractivity contribution in [1.82, 2.24) is 0 Å². The predicted octanol–water partition coefficient (Wildman–Crippen LogP) is 2.99. The van der Waals surface area contributed by atoms with Crippen molar-refractivity contribution in [2.24, 2.45) is 5.92 Å². The summed E-state index contributed by atoms with van der Waals surface area (Å²) in [6, 6.07) is 2.07. The summed E-state index contributed by atoms with van der Waals surface area (Å²) in [6.45, 7) is 0. The van der Waals surface area contributed by atoms with E-state index in [0.717, 1.165) is 0 Å². The molecule has 2 N–H and O–H groups in total. The Kier molecular flexibility index (Phi) is 4.87. The maximum absolute atomic E-state index is 14.0. The molecule has 1 aromatic carbocycles. The van der Waals surface area contributed by atoms with E-state index in [9.17, 15) is 26.7 Å². The molecule has 1 aromatic rings. The topological polar surface area (TPSA) is 90.2 Å². The molecule has 0 saturated heterocycles. The van der Waals surface area contributed by atoms with Gasteiger partial charge in [0, 0.05) is 18.2 Å². The lowest BCUT2D eigenvalue weighted by Gasteiger charge is -2.12. The summed E-state index contributed by atoms with van der Waals surface area (Å²) in [5, 5.41) is 21.0. The molecule has 0 radical (unpaired) electrons. The molecule has 1 fully saturated rings. The first-order valence-corrected chi connectivity index (χ1v) is 8.90. The zero-order chi connectivity index (χ0) is 18.2. The number of hydrogen-bond acceptors (Lipinski definition) is 5. The molecule has 0 aromatic heterocycles. The van der Waals surface area contributed by atoms with Crippen molar-refractivity contribution < 1.29 is 26.7 Å². The average molecular weight is 376 g/mol. The van der Waals surface area contributed by atoms with E-state index in [0.29, 0.717) is 25.2 Å². The third-order valence-corrected chi connectivity index (χ3v) is 4.72. The van der Waals surface area contributed by atoms with Crippen LogP contribution in [0.5, 0.6) is 0 Å². The molecule has 1 aliphatic rings. The summed E-state index contributed by atoms with van der Waals surface area (Å²) in [7, 11) is -4.32. The highest BCUT2D eigenvalue weighted by Crippen LogP contribution is 2.37. The number of nitriles is 1. The van der Waals surface area contributed by atoms with Crippen molar-refractivity contribution in [2.45, 2.75) is 17.7 Å². The van der Waals surface area contributed by atoms with Crippen LogP contribution in [-0.4, -0.2) is 24.8 Å². The summed E-state index contributed by atoms with van der Waals surface area (Å²) in [6.07, 6.45) is 1.87. The smallest absolute Gasteiger partial charge is 0.183 e. The van der Waals surface area contributed by atoms with E-state index in [1.54, 1.807) is 6.07 Å². The lowest BCUT2D eigenvalue weighted by Crippen LogP contribution is -2.17. The second-order valence-corrected chi connectivity index (χ2v) is 7.60. The van der Waals surface area contributed by atoms with Gasteiger partial charge in [0.15, 0.2) is 21.5 Å². The van der Waals surface area contributed by atoms with Crippen molar-refractivity contribution in [3.63, 3.8) is 0 Å². The molecule has 10 heteroatoms. The molecule has 0 aliphatic heterocycles. The lowest BCUT2D eigenvalue weighted by molar-refractivity contribution is 0.377. The van der Waals surface area contributed by atoms with Gasteiger partial charge in [-0.05, 0) is 12.8 Å². The Morgan fingerprint density at radius 3 is 2.42 bits per heavy atom. The minimum atomic E-state index is -4.32. The highest BCUT2D eigenvalue weighted by Gasteiger charge is 2.31. The number of anilines is 1. The molecule has 5 nitrogen and oxygen atoms in total. The minimum Gasteiger partial charge on any atom is -0.511 e. The maximum Gasteiger partial charge on any atom is 0.183 e. The van der Waals surface area contributed by atoms with Crippen molar-refractivity contribution in [3.8, 4) is 6.07 Å². The molecule has 0 amide bonds. The third kappa shape index (κ3) is 3.52. The highest BCUT2D eigenvalue weighted by atomic mass is 32.2. The Balaban J connectivity index is 2.43. The quantitative estimate of drug-likeness (QED) is 0.276. The van der Waals surface area contributed by atoms with E-state index in [-0.39, 0.29) is 17.3 Å². The summed E-state index contributed by atoms with van der Waals surface area (Å²) < 4.78 is 64.3. The molecule has 0 heterocycles. The van der Waals surface area contributed by atoms with Gasteiger partial charge in [-0.25, -0.2) is 21.6 Å². The molecule has 24 heavy (non-hydrogen) atoms. The SMILES string of the molecule is CS(=O)(=O)c1c(F)cc(NC(=S)C(C#N)=C(O)C2CC2)c(F)c1F. The molecule has 1 aliphatic carbocycles. The summed E-state index contributed by atoms with van der Waals surface area (Å²) in [5.41, 5.74) is -1.11. The van der Waals surface area contributed by atoms with Gasteiger partial charge in [0.25, 0.3) is 0 Å². The Labute approximate surface area is 141 Å². The van der Waals surface area contributed by atoms with E-state index >= 15 is 0 Å². The number of nitrogens with zero attached hydrogens (tertiary/aromatic N) is 1. The van der Waals surface area contributed by atoms with Crippen LogP contribution in [0.25, 0.3) is 0 Å². The number of allylic oxidation sites excluding steroid dienone is 1. The summed E-state index contributed by atoms with van der Waals surface area (Å²) in [4.78, 5) is -1.82. The Morgan fingerprint density at radius 2 is 1.96 bits per heavy atom. The number of sulfone groups is 1.